The zero-order valence-corrected chi connectivity index (χ0v) is 7.41. The molecule has 1 fully saturated rings. The molecule has 0 aromatic rings. The molecule has 0 radical (unpaired) electrons. The summed E-state index contributed by atoms with van der Waals surface area (Å²) in [6, 6.07) is 0. The zero-order valence-electron chi connectivity index (χ0n) is 7.41. The fourth-order valence-corrected chi connectivity index (χ4v) is 1.18. The highest BCUT2D eigenvalue weighted by atomic mass is 16.6. The molecule has 2 unspecified atom stereocenters. The van der Waals surface area contributed by atoms with Gasteiger partial charge in [-0.05, 0) is 13.3 Å². The number of allylic oxidation sites excluding steroid dienone is 1. The first kappa shape index (κ1) is 9.26. The predicted octanol–water partition coefficient (Wildman–Crippen LogP) is 1.02. The molecule has 1 rings (SSSR count). The van der Waals surface area contributed by atoms with E-state index in [-0.39, 0.29) is 12.1 Å². The topological polar surface area (TPSA) is 46.5 Å². The number of rotatable bonds is 2. The summed E-state index contributed by atoms with van der Waals surface area (Å²) in [7, 11) is 0. The van der Waals surface area contributed by atoms with Crippen molar-refractivity contribution in [1.82, 2.24) is 0 Å². The van der Waals surface area contributed by atoms with Gasteiger partial charge >= 0.3 is 5.97 Å². The Morgan fingerprint density at radius 1 is 1.67 bits per heavy atom. The van der Waals surface area contributed by atoms with Gasteiger partial charge in [-0.25, -0.2) is 4.79 Å². The number of hydrogen-bond donors (Lipinski definition) is 1. The van der Waals surface area contributed by atoms with Crippen LogP contribution in [0.4, 0.5) is 0 Å². The molecule has 0 amide bonds. The number of carbonyl (C=O) groups is 1. The fourth-order valence-electron chi connectivity index (χ4n) is 1.18. The molecule has 1 saturated heterocycles. The molecule has 1 heterocycles. The van der Waals surface area contributed by atoms with Crippen molar-refractivity contribution in [2.75, 3.05) is 0 Å². The summed E-state index contributed by atoms with van der Waals surface area (Å²) in [5.41, 5.74) is 0.421. The maximum absolute atomic E-state index is 11.1. The molecule has 1 aliphatic heterocycles. The van der Waals surface area contributed by atoms with Crippen molar-refractivity contribution >= 4 is 5.97 Å². The summed E-state index contributed by atoms with van der Waals surface area (Å²) in [5.74, 6) is -0.372. The van der Waals surface area contributed by atoms with Crippen LogP contribution in [0.3, 0.4) is 0 Å². The number of carbonyl (C=O) groups excluding carboxylic acids is 1. The van der Waals surface area contributed by atoms with E-state index in [9.17, 15) is 9.90 Å². The SMILES string of the molecule is CCCC=C1C(=O)OC(C)C1O. The highest BCUT2D eigenvalue weighted by Crippen LogP contribution is 2.21. The third-order valence-electron chi connectivity index (χ3n) is 1.94. The number of aliphatic hydroxyl groups excluding tert-OH is 1. The van der Waals surface area contributed by atoms with Gasteiger partial charge in [0.2, 0.25) is 0 Å². The minimum Gasteiger partial charge on any atom is -0.456 e. The molecule has 12 heavy (non-hydrogen) atoms. The highest BCUT2D eigenvalue weighted by molar-refractivity contribution is 5.92. The first-order valence-electron chi connectivity index (χ1n) is 4.26. The molecule has 68 valence electrons. The van der Waals surface area contributed by atoms with E-state index in [2.05, 4.69) is 0 Å². The van der Waals surface area contributed by atoms with E-state index in [4.69, 9.17) is 4.74 Å². The monoisotopic (exact) mass is 170 g/mol. The largest absolute Gasteiger partial charge is 0.456 e. The molecule has 0 bridgehead atoms. The van der Waals surface area contributed by atoms with Gasteiger partial charge in [0, 0.05) is 0 Å². The van der Waals surface area contributed by atoms with Crippen LogP contribution in [0.25, 0.3) is 0 Å². The van der Waals surface area contributed by atoms with Gasteiger partial charge in [-0.1, -0.05) is 19.4 Å². The van der Waals surface area contributed by atoms with Crippen molar-refractivity contribution in [2.45, 2.75) is 38.9 Å². The van der Waals surface area contributed by atoms with E-state index in [1.165, 1.54) is 0 Å². The number of esters is 1. The molecule has 3 nitrogen and oxygen atoms in total. The summed E-state index contributed by atoms with van der Waals surface area (Å²) in [4.78, 5) is 11.1. The second kappa shape index (κ2) is 3.72. The molecular formula is C9H14O3. The number of aliphatic hydroxyl groups is 1. The smallest absolute Gasteiger partial charge is 0.336 e. The van der Waals surface area contributed by atoms with Crippen molar-refractivity contribution in [2.24, 2.45) is 0 Å². The van der Waals surface area contributed by atoms with E-state index in [1.54, 1.807) is 13.0 Å². The van der Waals surface area contributed by atoms with E-state index >= 15 is 0 Å². The van der Waals surface area contributed by atoms with Gasteiger partial charge in [0.15, 0.2) is 0 Å². The molecule has 3 heteroatoms. The first-order valence-corrected chi connectivity index (χ1v) is 4.26. The lowest BCUT2D eigenvalue weighted by Gasteiger charge is -2.04. The summed E-state index contributed by atoms with van der Waals surface area (Å²) in [6.45, 7) is 3.71. The van der Waals surface area contributed by atoms with Crippen molar-refractivity contribution in [1.29, 1.82) is 0 Å². The van der Waals surface area contributed by atoms with Gasteiger partial charge in [0.25, 0.3) is 0 Å². The van der Waals surface area contributed by atoms with Gasteiger partial charge in [-0.15, -0.1) is 0 Å². The summed E-state index contributed by atoms with van der Waals surface area (Å²) in [6.07, 6.45) is 2.42. The van der Waals surface area contributed by atoms with Crippen LogP contribution in [0.15, 0.2) is 11.6 Å². The molecule has 0 aromatic carbocycles. The molecule has 1 aliphatic rings. The van der Waals surface area contributed by atoms with Crippen LogP contribution in [0.1, 0.15) is 26.7 Å². The number of cyclic esters (lactones) is 1. The molecule has 0 saturated carbocycles. The van der Waals surface area contributed by atoms with E-state index in [0.29, 0.717) is 5.57 Å². The number of unbranched alkanes of at least 4 members (excludes halogenated alkanes) is 1. The molecule has 1 N–H and O–H groups in total. The van der Waals surface area contributed by atoms with Gasteiger partial charge in [0.05, 0.1) is 5.57 Å². The van der Waals surface area contributed by atoms with E-state index < -0.39 is 6.10 Å². The number of hydrogen-bond acceptors (Lipinski definition) is 3. The molecule has 0 aromatic heterocycles. The lowest BCUT2D eigenvalue weighted by Crippen LogP contribution is -2.17. The standard InChI is InChI=1S/C9H14O3/c1-3-4-5-7-8(10)6(2)12-9(7)11/h5-6,8,10H,3-4H2,1-2H3. The summed E-state index contributed by atoms with van der Waals surface area (Å²) >= 11 is 0. The first-order chi connectivity index (χ1) is 5.66. The zero-order chi connectivity index (χ0) is 9.14. The minimum absolute atomic E-state index is 0.372. The predicted molar refractivity (Wildman–Crippen MR) is 44.6 cm³/mol. The third-order valence-corrected chi connectivity index (χ3v) is 1.94. The van der Waals surface area contributed by atoms with Gasteiger partial charge < -0.3 is 9.84 Å². The van der Waals surface area contributed by atoms with Gasteiger partial charge in [0.1, 0.15) is 12.2 Å². The molecular weight excluding hydrogens is 156 g/mol. The van der Waals surface area contributed by atoms with Crippen LogP contribution >= 0.6 is 0 Å². The van der Waals surface area contributed by atoms with Crippen molar-refractivity contribution in [3.05, 3.63) is 11.6 Å². The Balaban J connectivity index is 2.69. The van der Waals surface area contributed by atoms with Gasteiger partial charge in [-0.2, -0.15) is 0 Å². The minimum atomic E-state index is -0.732. The van der Waals surface area contributed by atoms with Crippen LogP contribution in [0.2, 0.25) is 0 Å². The van der Waals surface area contributed by atoms with Crippen molar-refractivity contribution in [3.63, 3.8) is 0 Å². The van der Waals surface area contributed by atoms with Gasteiger partial charge in [-0.3, -0.25) is 0 Å². The Hall–Kier alpha value is -0.830. The van der Waals surface area contributed by atoms with Crippen LogP contribution < -0.4 is 0 Å². The lowest BCUT2D eigenvalue weighted by molar-refractivity contribution is -0.138. The second-order valence-corrected chi connectivity index (χ2v) is 3.00. The summed E-state index contributed by atoms with van der Waals surface area (Å²) < 4.78 is 4.83. The maximum atomic E-state index is 11.1. The van der Waals surface area contributed by atoms with E-state index in [0.717, 1.165) is 12.8 Å². The van der Waals surface area contributed by atoms with Crippen LogP contribution in [-0.4, -0.2) is 23.3 Å². The quantitative estimate of drug-likeness (QED) is 0.497. The average molecular weight is 170 g/mol. The Bertz CT molecular complexity index is 208. The summed E-state index contributed by atoms with van der Waals surface area (Å²) in [5, 5.41) is 9.44. The normalized spacial score (nSPS) is 32.6. The molecule has 2 atom stereocenters. The van der Waals surface area contributed by atoms with Crippen molar-refractivity contribution in [3.8, 4) is 0 Å². The highest BCUT2D eigenvalue weighted by Gasteiger charge is 2.34. The maximum Gasteiger partial charge on any atom is 0.336 e. The van der Waals surface area contributed by atoms with Crippen LogP contribution in [-0.2, 0) is 9.53 Å². The number of ether oxygens (including phenoxy) is 1. The fraction of sp³-hybridized carbons (Fsp3) is 0.667. The Morgan fingerprint density at radius 3 is 2.75 bits per heavy atom. The molecule has 0 spiro atoms. The Kier molecular flexibility index (Phi) is 2.87. The Labute approximate surface area is 72.0 Å². The Morgan fingerprint density at radius 2 is 2.33 bits per heavy atom. The average Bonchev–Trinajstić information content (AvgIpc) is 2.25. The third kappa shape index (κ3) is 1.67. The van der Waals surface area contributed by atoms with E-state index in [1.807, 2.05) is 6.92 Å². The van der Waals surface area contributed by atoms with Crippen molar-refractivity contribution < 1.29 is 14.6 Å². The molecule has 0 aliphatic carbocycles. The second-order valence-electron chi connectivity index (χ2n) is 3.00. The lowest BCUT2D eigenvalue weighted by atomic mass is 10.1. The van der Waals surface area contributed by atoms with Crippen LogP contribution in [0.5, 0.6) is 0 Å². The van der Waals surface area contributed by atoms with Crippen LogP contribution in [0, 0.1) is 0 Å².